The van der Waals surface area contributed by atoms with Gasteiger partial charge in [-0.3, -0.25) is 4.79 Å². The van der Waals surface area contributed by atoms with E-state index in [-0.39, 0.29) is 6.42 Å². The Hall–Kier alpha value is -1.83. The second kappa shape index (κ2) is 5.02. The molecule has 0 spiro atoms. The average Bonchev–Trinajstić information content (AvgIpc) is 2.59. The van der Waals surface area contributed by atoms with Crippen molar-refractivity contribution in [1.29, 1.82) is 5.26 Å². The number of aromatic nitrogens is 2. The zero-order chi connectivity index (χ0) is 10.4. The van der Waals surface area contributed by atoms with Gasteiger partial charge in [0.1, 0.15) is 6.07 Å². The van der Waals surface area contributed by atoms with Gasteiger partial charge in [0.25, 0.3) is 0 Å². The molecule has 0 aliphatic rings. The fourth-order valence-electron chi connectivity index (χ4n) is 1.16. The van der Waals surface area contributed by atoms with Gasteiger partial charge in [0, 0.05) is 25.4 Å². The Morgan fingerprint density at radius 1 is 1.64 bits per heavy atom. The molecule has 0 atom stereocenters. The SMILES string of the molecule is N#Cc1nccn1CCCCC(=O)O. The topological polar surface area (TPSA) is 78.9 Å². The molecule has 1 N–H and O–H groups in total. The summed E-state index contributed by atoms with van der Waals surface area (Å²) in [6.07, 6.45) is 4.83. The van der Waals surface area contributed by atoms with Crippen LogP contribution in [0.2, 0.25) is 0 Å². The Labute approximate surface area is 81.6 Å². The van der Waals surface area contributed by atoms with E-state index in [0.717, 1.165) is 6.42 Å². The van der Waals surface area contributed by atoms with Crippen molar-refractivity contribution in [2.24, 2.45) is 0 Å². The van der Waals surface area contributed by atoms with Crippen LogP contribution in [0.25, 0.3) is 0 Å². The zero-order valence-corrected chi connectivity index (χ0v) is 7.68. The molecule has 1 rings (SSSR count). The number of unbranched alkanes of at least 4 members (excludes halogenated alkanes) is 1. The molecular formula is C9H11N3O2. The Kier molecular flexibility index (Phi) is 3.68. The highest BCUT2D eigenvalue weighted by atomic mass is 16.4. The third-order valence-corrected chi connectivity index (χ3v) is 1.86. The summed E-state index contributed by atoms with van der Waals surface area (Å²) in [6.45, 7) is 0.649. The molecule has 0 aromatic carbocycles. The molecule has 0 bridgehead atoms. The standard InChI is InChI=1S/C9H11N3O2/c10-7-8-11-4-6-12(8)5-2-1-3-9(13)14/h4,6H,1-3,5H2,(H,13,14). The quantitative estimate of drug-likeness (QED) is 0.708. The number of carboxylic acid groups (broad SMARTS) is 1. The summed E-state index contributed by atoms with van der Waals surface area (Å²) in [5.74, 6) is -0.406. The van der Waals surface area contributed by atoms with Crippen molar-refractivity contribution in [3.8, 4) is 6.07 Å². The molecule has 0 fully saturated rings. The van der Waals surface area contributed by atoms with Gasteiger partial charge in [0.2, 0.25) is 5.82 Å². The second-order valence-electron chi connectivity index (χ2n) is 2.91. The van der Waals surface area contributed by atoms with Gasteiger partial charge in [-0.15, -0.1) is 0 Å². The van der Waals surface area contributed by atoms with E-state index >= 15 is 0 Å². The third-order valence-electron chi connectivity index (χ3n) is 1.86. The van der Waals surface area contributed by atoms with Gasteiger partial charge >= 0.3 is 5.97 Å². The number of imidazole rings is 1. The van der Waals surface area contributed by atoms with Crippen LogP contribution in [0.15, 0.2) is 12.4 Å². The lowest BCUT2D eigenvalue weighted by Crippen LogP contribution is -2.01. The van der Waals surface area contributed by atoms with Gasteiger partial charge in [-0.1, -0.05) is 0 Å². The van der Waals surface area contributed by atoms with Crippen molar-refractivity contribution in [3.63, 3.8) is 0 Å². The van der Waals surface area contributed by atoms with E-state index in [1.54, 1.807) is 17.0 Å². The van der Waals surface area contributed by atoms with Gasteiger partial charge in [-0.25, -0.2) is 4.98 Å². The summed E-state index contributed by atoms with van der Waals surface area (Å²) in [6, 6.07) is 1.96. The third kappa shape index (κ3) is 2.90. The molecule has 1 heterocycles. The van der Waals surface area contributed by atoms with Crippen LogP contribution in [-0.2, 0) is 11.3 Å². The lowest BCUT2D eigenvalue weighted by molar-refractivity contribution is -0.137. The monoisotopic (exact) mass is 193 g/mol. The van der Waals surface area contributed by atoms with Crippen LogP contribution >= 0.6 is 0 Å². The lowest BCUT2D eigenvalue weighted by Gasteiger charge is -2.01. The van der Waals surface area contributed by atoms with Gasteiger partial charge < -0.3 is 9.67 Å². The molecule has 0 aliphatic carbocycles. The van der Waals surface area contributed by atoms with Gasteiger partial charge in [-0.05, 0) is 12.8 Å². The van der Waals surface area contributed by atoms with Crippen LogP contribution in [0.3, 0.4) is 0 Å². The first-order valence-corrected chi connectivity index (χ1v) is 4.37. The Morgan fingerprint density at radius 2 is 2.43 bits per heavy atom. The van der Waals surface area contributed by atoms with Gasteiger partial charge in [0.15, 0.2) is 0 Å². The van der Waals surface area contributed by atoms with E-state index in [9.17, 15) is 4.79 Å². The van der Waals surface area contributed by atoms with Crippen molar-refractivity contribution in [1.82, 2.24) is 9.55 Å². The maximum atomic E-state index is 10.2. The highest BCUT2D eigenvalue weighted by molar-refractivity contribution is 5.66. The summed E-state index contributed by atoms with van der Waals surface area (Å²) in [5.41, 5.74) is 0. The van der Waals surface area contributed by atoms with E-state index in [2.05, 4.69) is 4.98 Å². The fourth-order valence-corrected chi connectivity index (χ4v) is 1.16. The van der Waals surface area contributed by atoms with E-state index in [1.165, 1.54) is 0 Å². The number of nitrogens with zero attached hydrogens (tertiary/aromatic N) is 3. The van der Waals surface area contributed by atoms with Crippen LogP contribution < -0.4 is 0 Å². The summed E-state index contributed by atoms with van der Waals surface area (Å²) >= 11 is 0. The van der Waals surface area contributed by atoms with Crippen molar-refractivity contribution in [2.45, 2.75) is 25.8 Å². The van der Waals surface area contributed by atoms with Gasteiger partial charge in [0.05, 0.1) is 0 Å². The number of rotatable bonds is 5. The van der Waals surface area contributed by atoms with Gasteiger partial charge in [-0.2, -0.15) is 5.26 Å². The predicted molar refractivity (Wildman–Crippen MR) is 48.4 cm³/mol. The predicted octanol–water partition coefficient (Wildman–Crippen LogP) is 1.01. The number of carboxylic acids is 1. The minimum atomic E-state index is -0.781. The Balaban J connectivity index is 2.32. The number of hydrogen-bond acceptors (Lipinski definition) is 3. The molecule has 0 saturated heterocycles. The van der Waals surface area contributed by atoms with Crippen LogP contribution in [0, 0.1) is 11.3 Å². The largest absolute Gasteiger partial charge is 0.481 e. The van der Waals surface area contributed by atoms with Crippen molar-refractivity contribution in [3.05, 3.63) is 18.2 Å². The summed E-state index contributed by atoms with van der Waals surface area (Å²) in [5, 5.41) is 17.0. The Bertz CT molecular complexity index is 351. The van der Waals surface area contributed by atoms with E-state index in [1.807, 2.05) is 6.07 Å². The number of hydrogen-bond donors (Lipinski definition) is 1. The van der Waals surface area contributed by atoms with Crippen LogP contribution in [0.4, 0.5) is 0 Å². The van der Waals surface area contributed by atoms with Crippen molar-refractivity contribution < 1.29 is 9.90 Å². The minimum absolute atomic E-state index is 0.177. The van der Waals surface area contributed by atoms with E-state index < -0.39 is 5.97 Å². The maximum Gasteiger partial charge on any atom is 0.303 e. The van der Waals surface area contributed by atoms with Crippen LogP contribution in [-0.4, -0.2) is 20.6 Å². The summed E-state index contributed by atoms with van der Waals surface area (Å²) in [4.78, 5) is 14.0. The number of nitriles is 1. The molecule has 1 aromatic heterocycles. The van der Waals surface area contributed by atoms with Crippen LogP contribution in [0.5, 0.6) is 0 Å². The smallest absolute Gasteiger partial charge is 0.303 e. The number of aliphatic carboxylic acids is 1. The molecule has 1 aromatic rings. The molecule has 14 heavy (non-hydrogen) atoms. The molecule has 0 saturated carbocycles. The molecular weight excluding hydrogens is 182 g/mol. The first-order valence-electron chi connectivity index (χ1n) is 4.37. The number of carbonyl (C=O) groups is 1. The average molecular weight is 193 g/mol. The number of aryl methyl sites for hydroxylation is 1. The Morgan fingerprint density at radius 3 is 3.07 bits per heavy atom. The lowest BCUT2D eigenvalue weighted by atomic mass is 10.2. The molecule has 0 unspecified atom stereocenters. The molecule has 0 radical (unpaired) electrons. The molecule has 5 nitrogen and oxygen atoms in total. The molecule has 5 heteroatoms. The first kappa shape index (κ1) is 10.3. The zero-order valence-electron chi connectivity index (χ0n) is 7.68. The molecule has 74 valence electrons. The van der Waals surface area contributed by atoms with Crippen LogP contribution in [0.1, 0.15) is 25.1 Å². The molecule has 0 aliphatic heterocycles. The normalized spacial score (nSPS) is 9.64. The molecule has 0 amide bonds. The second-order valence-corrected chi connectivity index (χ2v) is 2.91. The summed E-state index contributed by atoms with van der Waals surface area (Å²) < 4.78 is 1.72. The maximum absolute atomic E-state index is 10.2. The van der Waals surface area contributed by atoms with E-state index in [4.69, 9.17) is 10.4 Å². The van der Waals surface area contributed by atoms with Crippen molar-refractivity contribution >= 4 is 5.97 Å². The summed E-state index contributed by atoms with van der Waals surface area (Å²) in [7, 11) is 0. The van der Waals surface area contributed by atoms with E-state index in [0.29, 0.717) is 18.8 Å². The highest BCUT2D eigenvalue weighted by Crippen LogP contribution is 2.02. The minimum Gasteiger partial charge on any atom is -0.481 e. The fraction of sp³-hybridized carbons (Fsp3) is 0.444. The van der Waals surface area contributed by atoms with Crippen molar-refractivity contribution in [2.75, 3.05) is 0 Å². The first-order chi connectivity index (χ1) is 6.74. The highest BCUT2D eigenvalue weighted by Gasteiger charge is 2.01.